The second-order valence-electron chi connectivity index (χ2n) is 4.82. The van der Waals surface area contributed by atoms with Gasteiger partial charge in [-0.25, -0.2) is 4.98 Å². The molecule has 0 aromatic carbocycles. The Hall–Kier alpha value is -1.29. The van der Waals surface area contributed by atoms with Crippen molar-refractivity contribution in [2.24, 2.45) is 5.92 Å². The third kappa shape index (κ3) is 3.35. The minimum absolute atomic E-state index is 0.723. The van der Waals surface area contributed by atoms with Crippen LogP contribution in [0.2, 0.25) is 0 Å². The van der Waals surface area contributed by atoms with E-state index in [1.807, 2.05) is 6.20 Å². The predicted octanol–water partition coefficient (Wildman–Crippen LogP) is 2.38. The van der Waals surface area contributed by atoms with Crippen LogP contribution in [0.1, 0.15) is 19.8 Å². The molecule has 2 heterocycles. The lowest BCUT2D eigenvalue weighted by Crippen LogP contribution is -2.35. The van der Waals surface area contributed by atoms with Crippen LogP contribution >= 0.6 is 0 Å². The fraction of sp³-hybridized carbons (Fsp3) is 0.643. The Morgan fingerprint density at radius 2 is 2.22 bits per heavy atom. The van der Waals surface area contributed by atoms with Gasteiger partial charge in [0.25, 0.3) is 0 Å². The fourth-order valence-corrected chi connectivity index (χ4v) is 2.49. The van der Waals surface area contributed by atoms with E-state index in [9.17, 15) is 0 Å². The van der Waals surface area contributed by atoms with Crippen molar-refractivity contribution in [1.82, 2.24) is 4.98 Å². The lowest BCUT2D eigenvalue weighted by Gasteiger charge is -2.33. The molecule has 4 heteroatoms. The van der Waals surface area contributed by atoms with Gasteiger partial charge in [-0.3, -0.25) is 0 Å². The van der Waals surface area contributed by atoms with Gasteiger partial charge >= 0.3 is 0 Å². The average molecular weight is 249 g/mol. The second kappa shape index (κ2) is 6.59. The number of hydrogen-bond acceptors (Lipinski definition) is 4. The van der Waals surface area contributed by atoms with Crippen molar-refractivity contribution in [1.29, 1.82) is 0 Å². The highest BCUT2D eigenvalue weighted by atomic mass is 16.5. The van der Waals surface area contributed by atoms with E-state index in [4.69, 9.17) is 4.74 Å². The molecule has 0 atom stereocenters. The van der Waals surface area contributed by atoms with Crippen LogP contribution in [-0.4, -0.2) is 38.3 Å². The van der Waals surface area contributed by atoms with Crippen molar-refractivity contribution in [3.05, 3.63) is 18.3 Å². The number of rotatable bonds is 5. The van der Waals surface area contributed by atoms with Gasteiger partial charge in [0.2, 0.25) is 0 Å². The molecule has 0 bridgehead atoms. The summed E-state index contributed by atoms with van der Waals surface area (Å²) in [6, 6.07) is 4.23. The Morgan fingerprint density at radius 3 is 2.89 bits per heavy atom. The van der Waals surface area contributed by atoms with Gasteiger partial charge in [0.15, 0.2) is 0 Å². The topological polar surface area (TPSA) is 37.4 Å². The van der Waals surface area contributed by atoms with Gasteiger partial charge in [-0.15, -0.1) is 0 Å². The van der Waals surface area contributed by atoms with Gasteiger partial charge in [0.05, 0.1) is 0 Å². The Labute approximate surface area is 109 Å². The molecule has 1 aromatic rings. The largest absolute Gasteiger partial charge is 0.384 e. The Kier molecular flexibility index (Phi) is 4.81. The second-order valence-corrected chi connectivity index (χ2v) is 4.82. The molecular weight excluding hydrogens is 226 g/mol. The van der Waals surface area contributed by atoms with Crippen LogP contribution in [0.15, 0.2) is 18.3 Å². The maximum absolute atomic E-state index is 5.23. The van der Waals surface area contributed by atoms with Gasteiger partial charge in [-0.05, 0) is 31.7 Å². The fourth-order valence-electron chi connectivity index (χ4n) is 2.49. The lowest BCUT2D eigenvalue weighted by molar-refractivity contribution is 0.139. The van der Waals surface area contributed by atoms with Crippen LogP contribution in [0.5, 0.6) is 0 Å². The lowest BCUT2D eigenvalue weighted by atomic mass is 9.97. The number of aromatic nitrogens is 1. The number of anilines is 2. The molecular formula is C14H23N3O. The Balaban J connectivity index is 1.94. The summed E-state index contributed by atoms with van der Waals surface area (Å²) in [5.74, 6) is 1.69. The minimum Gasteiger partial charge on any atom is -0.384 e. The summed E-state index contributed by atoms with van der Waals surface area (Å²) < 4.78 is 5.23. The zero-order valence-electron chi connectivity index (χ0n) is 11.4. The quantitative estimate of drug-likeness (QED) is 0.869. The van der Waals surface area contributed by atoms with Crippen molar-refractivity contribution in [2.45, 2.75) is 19.8 Å². The summed E-state index contributed by atoms with van der Waals surface area (Å²) in [5.41, 5.74) is 1.27. The Morgan fingerprint density at radius 1 is 1.44 bits per heavy atom. The highest BCUT2D eigenvalue weighted by molar-refractivity contribution is 5.54. The van der Waals surface area contributed by atoms with Gasteiger partial charge < -0.3 is 15.0 Å². The van der Waals surface area contributed by atoms with E-state index in [2.05, 4.69) is 34.3 Å². The van der Waals surface area contributed by atoms with Crippen LogP contribution < -0.4 is 10.2 Å². The van der Waals surface area contributed by atoms with Crippen molar-refractivity contribution in [3.63, 3.8) is 0 Å². The number of nitrogens with one attached hydrogen (secondary N) is 1. The Bertz CT molecular complexity index is 362. The van der Waals surface area contributed by atoms with Crippen LogP contribution in [0, 0.1) is 5.92 Å². The zero-order valence-corrected chi connectivity index (χ0v) is 11.4. The number of methoxy groups -OCH3 is 1. The zero-order chi connectivity index (χ0) is 12.8. The molecule has 1 fully saturated rings. The molecule has 0 radical (unpaired) electrons. The smallest absolute Gasteiger partial charge is 0.127 e. The number of nitrogens with zero attached hydrogens (tertiary/aromatic N) is 2. The van der Waals surface area contributed by atoms with Crippen LogP contribution in [0.3, 0.4) is 0 Å². The third-order valence-corrected chi connectivity index (χ3v) is 3.48. The van der Waals surface area contributed by atoms with Crippen molar-refractivity contribution in [3.8, 4) is 0 Å². The molecule has 18 heavy (non-hydrogen) atoms. The SMILES string of the molecule is CCNc1cc(N2CCC(COC)CC2)ccn1. The summed E-state index contributed by atoms with van der Waals surface area (Å²) in [6.07, 6.45) is 4.31. The normalized spacial score (nSPS) is 16.9. The molecule has 100 valence electrons. The van der Waals surface area contributed by atoms with Gasteiger partial charge in [-0.1, -0.05) is 0 Å². The van der Waals surface area contributed by atoms with Crippen LogP contribution in [0.4, 0.5) is 11.5 Å². The van der Waals surface area contributed by atoms with Crippen LogP contribution in [-0.2, 0) is 4.74 Å². The summed E-state index contributed by atoms with van der Waals surface area (Å²) >= 11 is 0. The number of pyridine rings is 1. The molecule has 4 nitrogen and oxygen atoms in total. The molecule has 2 rings (SSSR count). The molecule has 0 saturated carbocycles. The maximum Gasteiger partial charge on any atom is 0.127 e. The molecule has 0 aliphatic carbocycles. The van der Waals surface area contributed by atoms with Gasteiger partial charge in [0.1, 0.15) is 5.82 Å². The van der Waals surface area contributed by atoms with E-state index in [-0.39, 0.29) is 0 Å². The molecule has 1 saturated heterocycles. The van der Waals surface area contributed by atoms with Gasteiger partial charge in [0, 0.05) is 51.3 Å². The molecule has 1 aliphatic rings. The minimum atomic E-state index is 0.723. The molecule has 1 aromatic heterocycles. The first-order chi connectivity index (χ1) is 8.83. The molecule has 0 amide bonds. The first-order valence-electron chi connectivity index (χ1n) is 6.77. The van der Waals surface area contributed by atoms with Crippen molar-refractivity contribution >= 4 is 11.5 Å². The van der Waals surface area contributed by atoms with E-state index in [1.165, 1.54) is 18.5 Å². The van der Waals surface area contributed by atoms with E-state index < -0.39 is 0 Å². The summed E-state index contributed by atoms with van der Waals surface area (Å²) in [5, 5.41) is 3.26. The molecule has 0 spiro atoms. The maximum atomic E-state index is 5.23. The summed E-state index contributed by atoms with van der Waals surface area (Å²) in [7, 11) is 1.79. The molecule has 0 unspecified atom stereocenters. The first kappa shape index (κ1) is 13.1. The van der Waals surface area contributed by atoms with E-state index >= 15 is 0 Å². The van der Waals surface area contributed by atoms with Gasteiger partial charge in [-0.2, -0.15) is 0 Å². The number of hydrogen-bond donors (Lipinski definition) is 1. The van der Waals surface area contributed by atoms with E-state index in [0.717, 1.165) is 38.0 Å². The summed E-state index contributed by atoms with van der Waals surface area (Å²) in [4.78, 5) is 6.75. The highest BCUT2D eigenvalue weighted by Gasteiger charge is 2.19. The first-order valence-corrected chi connectivity index (χ1v) is 6.77. The van der Waals surface area contributed by atoms with Crippen molar-refractivity contribution < 1.29 is 4.74 Å². The van der Waals surface area contributed by atoms with E-state index in [1.54, 1.807) is 7.11 Å². The van der Waals surface area contributed by atoms with Crippen LogP contribution in [0.25, 0.3) is 0 Å². The third-order valence-electron chi connectivity index (χ3n) is 3.48. The number of piperidine rings is 1. The monoisotopic (exact) mass is 249 g/mol. The standard InChI is InChI=1S/C14H23N3O/c1-3-15-14-10-13(4-7-16-14)17-8-5-12(6-9-17)11-18-2/h4,7,10,12H,3,5-6,8-9,11H2,1-2H3,(H,15,16). The number of ether oxygens (including phenoxy) is 1. The summed E-state index contributed by atoms with van der Waals surface area (Å²) in [6.45, 7) is 6.12. The predicted molar refractivity (Wildman–Crippen MR) is 75.2 cm³/mol. The molecule has 1 aliphatic heterocycles. The highest BCUT2D eigenvalue weighted by Crippen LogP contribution is 2.24. The van der Waals surface area contributed by atoms with Crippen molar-refractivity contribution in [2.75, 3.05) is 43.6 Å². The average Bonchev–Trinajstić information content (AvgIpc) is 2.41. The van der Waals surface area contributed by atoms with E-state index in [0.29, 0.717) is 0 Å². The molecule has 1 N–H and O–H groups in total.